The summed E-state index contributed by atoms with van der Waals surface area (Å²) in [6.07, 6.45) is -0.00102. The van der Waals surface area contributed by atoms with Gasteiger partial charge in [0.1, 0.15) is 17.3 Å². The fraction of sp³-hybridized carbons (Fsp3) is 0.371. The average Bonchev–Trinajstić information content (AvgIpc) is 3.17. The summed E-state index contributed by atoms with van der Waals surface area (Å²) in [6.45, 7) is 16.4. The molecule has 0 aromatic heterocycles. The zero-order chi connectivity index (χ0) is 30.3. The molecular formula is C35H41NO5. The van der Waals surface area contributed by atoms with Crippen LogP contribution in [0.25, 0.3) is 5.76 Å². The molecule has 1 N–H and O–H groups in total. The molecule has 1 fully saturated rings. The number of hydrogen-bond acceptors (Lipinski definition) is 5. The molecule has 1 aliphatic heterocycles. The van der Waals surface area contributed by atoms with Gasteiger partial charge in [-0.3, -0.25) is 14.5 Å². The number of amides is 1. The third kappa shape index (κ3) is 6.02. The first-order valence-corrected chi connectivity index (χ1v) is 14.0. The van der Waals surface area contributed by atoms with E-state index < -0.39 is 17.7 Å². The molecule has 1 amide bonds. The normalized spacial score (nSPS) is 17.3. The number of nitrogens with zero attached hydrogens (tertiary/aromatic N) is 1. The zero-order valence-corrected chi connectivity index (χ0v) is 25.5. The number of anilines is 1. The highest BCUT2D eigenvalue weighted by molar-refractivity contribution is 6.51. The topological polar surface area (TPSA) is 76.1 Å². The third-order valence-electron chi connectivity index (χ3n) is 7.30. The van der Waals surface area contributed by atoms with Gasteiger partial charge in [0.25, 0.3) is 11.7 Å². The van der Waals surface area contributed by atoms with Crippen molar-refractivity contribution in [3.8, 4) is 11.5 Å². The van der Waals surface area contributed by atoms with Gasteiger partial charge in [-0.15, -0.1) is 0 Å². The molecule has 1 saturated heterocycles. The van der Waals surface area contributed by atoms with E-state index in [2.05, 4.69) is 41.5 Å². The number of aliphatic hydroxyl groups is 1. The lowest BCUT2D eigenvalue weighted by Gasteiger charge is -2.27. The first-order valence-electron chi connectivity index (χ1n) is 14.0. The quantitative estimate of drug-likeness (QED) is 0.192. The number of benzene rings is 3. The maximum absolute atomic E-state index is 13.7. The summed E-state index contributed by atoms with van der Waals surface area (Å²) in [7, 11) is 1.61. The molecule has 1 atom stereocenters. The highest BCUT2D eigenvalue weighted by atomic mass is 16.5. The predicted octanol–water partition coefficient (Wildman–Crippen LogP) is 7.70. The predicted molar refractivity (Wildman–Crippen MR) is 164 cm³/mol. The van der Waals surface area contributed by atoms with Crippen molar-refractivity contribution in [3.63, 3.8) is 0 Å². The van der Waals surface area contributed by atoms with Crippen LogP contribution in [0.3, 0.4) is 0 Å². The Bertz CT molecular complexity index is 1470. The smallest absolute Gasteiger partial charge is 0.300 e. The number of rotatable bonds is 6. The van der Waals surface area contributed by atoms with E-state index in [0.717, 1.165) is 16.7 Å². The minimum Gasteiger partial charge on any atom is -0.507 e. The summed E-state index contributed by atoms with van der Waals surface area (Å²) < 4.78 is 11.4. The number of methoxy groups -OCH3 is 1. The van der Waals surface area contributed by atoms with Crippen LogP contribution in [0.2, 0.25) is 0 Å². The molecule has 3 aromatic carbocycles. The largest absolute Gasteiger partial charge is 0.507 e. The molecule has 6 nitrogen and oxygen atoms in total. The van der Waals surface area contributed by atoms with Crippen molar-refractivity contribution in [2.75, 3.05) is 12.0 Å². The van der Waals surface area contributed by atoms with Crippen LogP contribution in [0, 0.1) is 0 Å². The number of carbonyl (C=O) groups excluding carboxylic acids is 2. The number of hydrogen-bond donors (Lipinski definition) is 1. The summed E-state index contributed by atoms with van der Waals surface area (Å²) in [6, 6.07) is 19.5. The molecular weight excluding hydrogens is 514 g/mol. The van der Waals surface area contributed by atoms with Crippen molar-refractivity contribution in [1.29, 1.82) is 0 Å². The van der Waals surface area contributed by atoms with Gasteiger partial charge in [-0.1, -0.05) is 65.8 Å². The lowest BCUT2D eigenvalue weighted by atomic mass is 9.84. The van der Waals surface area contributed by atoms with Crippen molar-refractivity contribution < 1.29 is 24.2 Å². The minimum atomic E-state index is -0.818. The third-order valence-corrected chi connectivity index (χ3v) is 7.30. The Balaban J connectivity index is 1.92. The Morgan fingerprint density at radius 2 is 1.46 bits per heavy atom. The molecule has 0 saturated carbocycles. The van der Waals surface area contributed by atoms with E-state index in [0.29, 0.717) is 22.7 Å². The lowest BCUT2D eigenvalue weighted by Crippen LogP contribution is -2.29. The molecule has 0 aliphatic carbocycles. The van der Waals surface area contributed by atoms with Crippen molar-refractivity contribution >= 4 is 23.1 Å². The Hall–Kier alpha value is -4.06. The highest BCUT2D eigenvalue weighted by Crippen LogP contribution is 2.44. The fourth-order valence-electron chi connectivity index (χ4n) is 5.13. The van der Waals surface area contributed by atoms with Gasteiger partial charge in [-0.2, -0.15) is 0 Å². The molecule has 4 rings (SSSR count). The molecule has 1 heterocycles. The van der Waals surface area contributed by atoms with E-state index in [4.69, 9.17) is 9.47 Å². The summed E-state index contributed by atoms with van der Waals surface area (Å²) in [4.78, 5) is 28.8. The van der Waals surface area contributed by atoms with Crippen LogP contribution in [-0.4, -0.2) is 30.0 Å². The molecule has 0 radical (unpaired) electrons. The van der Waals surface area contributed by atoms with Crippen LogP contribution in [-0.2, 0) is 20.4 Å². The molecule has 1 aliphatic rings. The van der Waals surface area contributed by atoms with Crippen LogP contribution in [0.1, 0.15) is 83.7 Å². The van der Waals surface area contributed by atoms with E-state index in [1.54, 1.807) is 43.5 Å². The van der Waals surface area contributed by atoms with E-state index >= 15 is 0 Å². The number of ketones is 1. The Labute approximate surface area is 243 Å². The van der Waals surface area contributed by atoms with Crippen LogP contribution >= 0.6 is 0 Å². The first-order chi connectivity index (χ1) is 19.1. The number of aliphatic hydroxyl groups excluding tert-OH is 1. The first kappa shape index (κ1) is 29.9. The van der Waals surface area contributed by atoms with Crippen LogP contribution in [0.5, 0.6) is 11.5 Å². The second-order valence-corrected chi connectivity index (χ2v) is 12.9. The van der Waals surface area contributed by atoms with E-state index in [1.165, 1.54) is 4.90 Å². The molecule has 0 bridgehead atoms. The van der Waals surface area contributed by atoms with Gasteiger partial charge >= 0.3 is 0 Å². The monoisotopic (exact) mass is 555 g/mol. The van der Waals surface area contributed by atoms with E-state index in [1.807, 2.05) is 44.2 Å². The standard InChI is InChI=1S/C35H41NO5/c1-21(2)41-26-17-15-25(16-18-26)36-30(22-10-13-24(14-11-22)34(3,4)5)29(32(38)33(36)39)31(37)23-12-19-28(40-9)27(20-23)35(6,7)8/h10-21,30,37H,1-9H3/b31-29-. The summed E-state index contributed by atoms with van der Waals surface area (Å²) in [5.41, 5.74) is 3.41. The van der Waals surface area contributed by atoms with Crippen molar-refractivity contribution in [1.82, 2.24) is 0 Å². The summed E-state index contributed by atoms with van der Waals surface area (Å²) in [5, 5.41) is 11.7. The van der Waals surface area contributed by atoms with E-state index in [9.17, 15) is 14.7 Å². The maximum Gasteiger partial charge on any atom is 0.300 e. The molecule has 1 unspecified atom stereocenters. The zero-order valence-electron chi connectivity index (χ0n) is 25.5. The Morgan fingerprint density at radius 3 is 1.98 bits per heavy atom. The van der Waals surface area contributed by atoms with Crippen LogP contribution in [0.15, 0.2) is 72.3 Å². The van der Waals surface area contributed by atoms with Gasteiger partial charge < -0.3 is 14.6 Å². The van der Waals surface area contributed by atoms with Crippen molar-refractivity contribution in [2.24, 2.45) is 0 Å². The lowest BCUT2D eigenvalue weighted by molar-refractivity contribution is -0.132. The second-order valence-electron chi connectivity index (χ2n) is 12.9. The van der Waals surface area contributed by atoms with Gasteiger partial charge in [0.05, 0.1) is 24.8 Å². The van der Waals surface area contributed by atoms with Crippen LogP contribution < -0.4 is 14.4 Å². The molecule has 3 aromatic rings. The van der Waals surface area contributed by atoms with E-state index in [-0.39, 0.29) is 28.3 Å². The van der Waals surface area contributed by atoms with Gasteiger partial charge in [0.2, 0.25) is 0 Å². The Morgan fingerprint density at radius 1 is 0.854 bits per heavy atom. The van der Waals surface area contributed by atoms with Crippen LogP contribution in [0.4, 0.5) is 5.69 Å². The van der Waals surface area contributed by atoms with Gasteiger partial charge in [-0.25, -0.2) is 0 Å². The van der Waals surface area contributed by atoms with Crippen molar-refractivity contribution in [3.05, 3.63) is 94.6 Å². The molecule has 41 heavy (non-hydrogen) atoms. The molecule has 0 spiro atoms. The van der Waals surface area contributed by atoms with Gasteiger partial charge in [0.15, 0.2) is 0 Å². The summed E-state index contributed by atoms with van der Waals surface area (Å²) in [5.74, 6) is -0.294. The Kier molecular flexibility index (Phi) is 8.08. The summed E-state index contributed by atoms with van der Waals surface area (Å²) >= 11 is 0. The maximum atomic E-state index is 13.7. The van der Waals surface area contributed by atoms with Gasteiger partial charge in [-0.05, 0) is 78.3 Å². The van der Waals surface area contributed by atoms with Crippen molar-refractivity contribution in [2.45, 2.75) is 78.4 Å². The number of Topliss-reactive ketones (excluding diaryl/α,β-unsaturated/α-hetero) is 1. The molecule has 216 valence electrons. The number of ether oxygens (including phenoxy) is 2. The molecule has 6 heteroatoms. The second kappa shape index (κ2) is 11.1. The van der Waals surface area contributed by atoms with Gasteiger partial charge in [0, 0.05) is 16.8 Å². The average molecular weight is 556 g/mol. The SMILES string of the molecule is COc1ccc(/C(O)=C2/C(=O)C(=O)N(c3ccc(OC(C)C)cc3)C2c2ccc(C(C)(C)C)cc2)cc1C(C)(C)C. The number of carbonyl (C=O) groups is 2. The minimum absolute atomic E-state index is 0.00102. The highest BCUT2D eigenvalue weighted by Gasteiger charge is 2.47. The fourth-order valence-corrected chi connectivity index (χ4v) is 5.13.